The topological polar surface area (TPSA) is 33.6 Å². The number of aryl methyl sites for hydroxylation is 1. The van der Waals surface area contributed by atoms with Gasteiger partial charge in [0.2, 0.25) is 0 Å². The van der Waals surface area contributed by atoms with Crippen LogP contribution in [-0.2, 0) is 12.8 Å². The quantitative estimate of drug-likeness (QED) is 0.666. The van der Waals surface area contributed by atoms with E-state index in [4.69, 9.17) is 0 Å². The van der Waals surface area contributed by atoms with Crippen LogP contribution in [0.5, 0.6) is 0 Å². The molecule has 0 radical (unpaired) electrons. The molecule has 86 valence electrons. The van der Waals surface area contributed by atoms with Crippen molar-refractivity contribution >= 4 is 23.5 Å². The fourth-order valence-corrected chi connectivity index (χ4v) is 2.30. The van der Waals surface area contributed by atoms with Gasteiger partial charge in [0.15, 0.2) is 0 Å². The maximum atomic E-state index is 4.29. The summed E-state index contributed by atoms with van der Waals surface area (Å²) >= 11 is 4.22. The van der Waals surface area contributed by atoms with Gasteiger partial charge in [-0.2, -0.15) is 12.6 Å². The van der Waals surface area contributed by atoms with Crippen LogP contribution in [-0.4, -0.2) is 14.5 Å². The van der Waals surface area contributed by atoms with Gasteiger partial charge in [-0.25, -0.2) is 4.98 Å². The third-order valence-electron chi connectivity index (χ3n) is 2.97. The number of H-pyrrole nitrogens is 1. The Morgan fingerprint density at radius 3 is 2.94 bits per heavy atom. The number of nitrogens with zero attached hydrogens (tertiary/aromatic N) is 2. The van der Waals surface area contributed by atoms with E-state index in [1.54, 1.807) is 0 Å². The predicted molar refractivity (Wildman–Crippen MR) is 73.2 cm³/mol. The Balaban J connectivity index is 2.23. The van der Waals surface area contributed by atoms with Gasteiger partial charge in [-0.05, 0) is 6.07 Å². The van der Waals surface area contributed by atoms with Crippen molar-refractivity contribution in [1.82, 2.24) is 14.5 Å². The van der Waals surface area contributed by atoms with Crippen LogP contribution in [0.2, 0.25) is 0 Å². The molecule has 17 heavy (non-hydrogen) atoms. The highest BCUT2D eigenvalue weighted by atomic mass is 32.1. The third kappa shape index (κ3) is 1.65. The molecular formula is C13H13N3S. The number of fused-ring (bicyclic) bond motifs is 1. The van der Waals surface area contributed by atoms with Gasteiger partial charge in [-0.1, -0.05) is 18.2 Å². The molecule has 0 spiro atoms. The molecule has 3 aromatic rings. The number of benzene rings is 1. The summed E-state index contributed by atoms with van der Waals surface area (Å²) in [6.45, 7) is 0. The highest BCUT2D eigenvalue weighted by Gasteiger charge is 2.09. The van der Waals surface area contributed by atoms with Crippen LogP contribution in [0.15, 0.2) is 36.7 Å². The van der Waals surface area contributed by atoms with E-state index in [-0.39, 0.29) is 0 Å². The first kappa shape index (κ1) is 10.5. The number of aromatic nitrogens is 3. The van der Waals surface area contributed by atoms with Gasteiger partial charge in [-0.3, -0.25) is 0 Å². The van der Waals surface area contributed by atoms with Gasteiger partial charge in [-0.15, -0.1) is 0 Å². The maximum Gasteiger partial charge on any atom is 0.116 e. The Morgan fingerprint density at radius 1 is 1.35 bits per heavy atom. The summed E-state index contributed by atoms with van der Waals surface area (Å²) in [4.78, 5) is 7.57. The third-order valence-corrected chi connectivity index (χ3v) is 3.26. The molecule has 0 bridgehead atoms. The van der Waals surface area contributed by atoms with Crippen molar-refractivity contribution < 1.29 is 0 Å². The molecule has 2 heterocycles. The zero-order valence-corrected chi connectivity index (χ0v) is 10.4. The molecule has 1 N–H and O–H groups in total. The van der Waals surface area contributed by atoms with Crippen LogP contribution in [0.4, 0.5) is 0 Å². The van der Waals surface area contributed by atoms with E-state index < -0.39 is 0 Å². The van der Waals surface area contributed by atoms with E-state index in [2.05, 4.69) is 64.7 Å². The number of hydrogen-bond donors (Lipinski definition) is 2. The maximum absolute atomic E-state index is 4.29. The average Bonchev–Trinajstić information content (AvgIpc) is 2.95. The molecule has 0 unspecified atom stereocenters. The first-order valence-corrected chi connectivity index (χ1v) is 6.12. The largest absolute Gasteiger partial charge is 0.350 e. The zero-order chi connectivity index (χ0) is 11.8. The van der Waals surface area contributed by atoms with Crippen LogP contribution in [0.1, 0.15) is 5.82 Å². The van der Waals surface area contributed by atoms with Gasteiger partial charge in [0.1, 0.15) is 5.82 Å². The Morgan fingerprint density at radius 2 is 2.18 bits per heavy atom. The van der Waals surface area contributed by atoms with Gasteiger partial charge >= 0.3 is 0 Å². The van der Waals surface area contributed by atoms with Crippen molar-refractivity contribution in [1.29, 1.82) is 0 Å². The van der Waals surface area contributed by atoms with Crippen molar-refractivity contribution in [2.24, 2.45) is 7.05 Å². The second-order valence-electron chi connectivity index (χ2n) is 4.07. The SMILES string of the molecule is Cn1cc(-c2cnc(CS)[nH]2)c2ccccc21. The van der Waals surface area contributed by atoms with Crippen LogP contribution in [0, 0.1) is 0 Å². The lowest BCUT2D eigenvalue weighted by Gasteiger charge is -1.94. The number of thiol groups is 1. The van der Waals surface area contributed by atoms with Crippen molar-refractivity contribution in [3.05, 3.63) is 42.5 Å². The first-order valence-electron chi connectivity index (χ1n) is 5.49. The van der Waals surface area contributed by atoms with Gasteiger partial charge in [0.25, 0.3) is 0 Å². The van der Waals surface area contributed by atoms with Crippen LogP contribution in [0.25, 0.3) is 22.2 Å². The highest BCUT2D eigenvalue weighted by Crippen LogP contribution is 2.28. The Labute approximate surface area is 105 Å². The molecule has 4 heteroatoms. The van der Waals surface area contributed by atoms with E-state index in [0.29, 0.717) is 5.75 Å². The number of aromatic amines is 1. The summed E-state index contributed by atoms with van der Waals surface area (Å²) in [7, 11) is 2.06. The fraction of sp³-hybridized carbons (Fsp3) is 0.154. The number of imidazole rings is 1. The van der Waals surface area contributed by atoms with Gasteiger partial charge in [0, 0.05) is 35.5 Å². The number of para-hydroxylation sites is 1. The molecule has 2 aromatic heterocycles. The molecule has 0 aliphatic heterocycles. The molecule has 0 fully saturated rings. The van der Waals surface area contributed by atoms with Crippen LogP contribution >= 0.6 is 12.6 Å². The Kier molecular flexibility index (Phi) is 2.44. The van der Waals surface area contributed by atoms with Gasteiger partial charge < -0.3 is 9.55 Å². The monoisotopic (exact) mass is 243 g/mol. The molecule has 0 amide bonds. The molecule has 3 nitrogen and oxygen atoms in total. The van der Waals surface area contributed by atoms with Crippen molar-refractivity contribution in [3.8, 4) is 11.3 Å². The Hall–Kier alpha value is -1.68. The molecule has 0 aliphatic rings. The normalized spacial score (nSPS) is 11.2. The number of hydrogen-bond acceptors (Lipinski definition) is 2. The summed E-state index contributed by atoms with van der Waals surface area (Å²) in [5.74, 6) is 1.53. The lowest BCUT2D eigenvalue weighted by atomic mass is 10.1. The molecular weight excluding hydrogens is 230 g/mol. The summed E-state index contributed by atoms with van der Waals surface area (Å²) < 4.78 is 2.13. The summed E-state index contributed by atoms with van der Waals surface area (Å²) in [5, 5.41) is 1.24. The standard InChI is InChI=1S/C13H13N3S/c1-16-7-10(9-4-2-3-5-12(9)16)11-6-14-13(8-17)15-11/h2-7,17H,8H2,1H3,(H,14,15). The van der Waals surface area contributed by atoms with E-state index in [1.165, 1.54) is 16.5 Å². The second-order valence-corrected chi connectivity index (χ2v) is 4.39. The molecule has 0 saturated heterocycles. The summed E-state index contributed by atoms with van der Waals surface area (Å²) in [5.41, 5.74) is 3.46. The van der Waals surface area contributed by atoms with E-state index in [9.17, 15) is 0 Å². The van der Waals surface area contributed by atoms with Crippen molar-refractivity contribution in [3.63, 3.8) is 0 Å². The molecule has 1 aromatic carbocycles. The minimum absolute atomic E-state index is 0.630. The molecule has 0 saturated carbocycles. The smallest absolute Gasteiger partial charge is 0.116 e. The molecule has 0 aliphatic carbocycles. The van der Waals surface area contributed by atoms with Crippen molar-refractivity contribution in [2.75, 3.05) is 0 Å². The summed E-state index contributed by atoms with van der Waals surface area (Å²) in [6.07, 6.45) is 3.99. The van der Waals surface area contributed by atoms with E-state index >= 15 is 0 Å². The average molecular weight is 243 g/mol. The predicted octanol–water partition coefficient (Wildman–Crippen LogP) is 3.00. The lowest BCUT2D eigenvalue weighted by Crippen LogP contribution is -1.82. The number of rotatable bonds is 2. The van der Waals surface area contributed by atoms with Gasteiger partial charge in [0.05, 0.1) is 11.9 Å². The molecule has 3 rings (SSSR count). The first-order chi connectivity index (χ1) is 8.29. The van der Waals surface area contributed by atoms with E-state index in [1.807, 2.05) is 6.20 Å². The van der Waals surface area contributed by atoms with Crippen molar-refractivity contribution in [2.45, 2.75) is 5.75 Å². The lowest BCUT2D eigenvalue weighted by molar-refractivity contribution is 0.969. The van der Waals surface area contributed by atoms with Crippen LogP contribution in [0.3, 0.4) is 0 Å². The Bertz CT molecular complexity index is 666. The van der Waals surface area contributed by atoms with Crippen LogP contribution < -0.4 is 0 Å². The highest BCUT2D eigenvalue weighted by molar-refractivity contribution is 7.79. The fourth-order valence-electron chi connectivity index (χ4n) is 2.14. The second kappa shape index (κ2) is 3.96. The number of nitrogens with one attached hydrogen (secondary N) is 1. The molecule has 0 atom stereocenters. The minimum Gasteiger partial charge on any atom is -0.350 e. The minimum atomic E-state index is 0.630. The summed E-state index contributed by atoms with van der Waals surface area (Å²) in [6, 6.07) is 8.36. The zero-order valence-electron chi connectivity index (χ0n) is 9.51. The van der Waals surface area contributed by atoms with E-state index in [0.717, 1.165) is 11.5 Å².